The third-order valence-corrected chi connectivity index (χ3v) is 3.18. The first-order valence-electron chi connectivity index (χ1n) is 5.78. The molecule has 0 aliphatic heterocycles. The maximum Gasteiger partial charge on any atom is 0.404 e. The molecule has 1 heterocycles. The topological polar surface area (TPSA) is 24.9 Å². The van der Waals surface area contributed by atoms with E-state index in [0.29, 0.717) is 25.1 Å². The highest BCUT2D eigenvalue weighted by molar-refractivity contribution is 5.30. The summed E-state index contributed by atoms with van der Waals surface area (Å²) in [7, 11) is 0. The Hall–Kier alpha value is -1.10. The van der Waals surface area contributed by atoms with Gasteiger partial charge in [0.15, 0.2) is 0 Å². The predicted molar refractivity (Wildman–Crippen MR) is 58.8 cm³/mol. The van der Waals surface area contributed by atoms with Gasteiger partial charge in [-0.05, 0) is 31.0 Å². The van der Waals surface area contributed by atoms with E-state index in [2.05, 4.69) is 10.3 Å². The zero-order chi connectivity index (χ0) is 12.5. The SMILES string of the molecule is CCNC(C1CCc2cccnc21)C(F)(F)F. The van der Waals surface area contributed by atoms with Gasteiger partial charge in [0.1, 0.15) is 6.04 Å². The number of hydrogen-bond acceptors (Lipinski definition) is 2. The van der Waals surface area contributed by atoms with Crippen LogP contribution in [0, 0.1) is 0 Å². The van der Waals surface area contributed by atoms with Crippen LogP contribution < -0.4 is 5.32 Å². The number of likely N-dealkylation sites (N-methyl/N-ethyl adjacent to an activating group) is 1. The van der Waals surface area contributed by atoms with Gasteiger partial charge in [-0.1, -0.05) is 13.0 Å². The van der Waals surface area contributed by atoms with Crippen LogP contribution in [0.2, 0.25) is 0 Å². The van der Waals surface area contributed by atoms with Crippen molar-refractivity contribution in [2.45, 2.75) is 37.9 Å². The van der Waals surface area contributed by atoms with Crippen molar-refractivity contribution in [3.05, 3.63) is 29.6 Å². The van der Waals surface area contributed by atoms with Crippen LogP contribution in [0.5, 0.6) is 0 Å². The summed E-state index contributed by atoms with van der Waals surface area (Å²) in [6.45, 7) is 2.00. The number of fused-ring (bicyclic) bond motifs is 1. The summed E-state index contributed by atoms with van der Waals surface area (Å²) in [6.07, 6.45) is -1.45. The van der Waals surface area contributed by atoms with Gasteiger partial charge < -0.3 is 5.32 Å². The number of nitrogens with one attached hydrogen (secondary N) is 1. The molecule has 5 heteroatoms. The Morgan fingerprint density at radius 1 is 1.53 bits per heavy atom. The van der Waals surface area contributed by atoms with Crippen LogP contribution in [0.15, 0.2) is 18.3 Å². The maximum atomic E-state index is 13.0. The summed E-state index contributed by atoms with van der Waals surface area (Å²) in [4.78, 5) is 4.12. The molecule has 2 nitrogen and oxygen atoms in total. The molecule has 2 unspecified atom stereocenters. The van der Waals surface area contributed by atoms with E-state index in [1.165, 1.54) is 0 Å². The van der Waals surface area contributed by atoms with Crippen molar-refractivity contribution in [3.63, 3.8) is 0 Å². The molecule has 1 aromatic heterocycles. The first-order chi connectivity index (χ1) is 8.04. The smallest absolute Gasteiger partial charge is 0.306 e. The van der Waals surface area contributed by atoms with Crippen LogP contribution >= 0.6 is 0 Å². The Morgan fingerprint density at radius 3 is 2.94 bits per heavy atom. The molecular weight excluding hydrogens is 229 g/mol. The molecule has 2 rings (SSSR count). The van der Waals surface area contributed by atoms with E-state index in [9.17, 15) is 13.2 Å². The molecule has 0 saturated heterocycles. The minimum atomic E-state index is -4.22. The fraction of sp³-hybridized carbons (Fsp3) is 0.583. The minimum Gasteiger partial charge on any atom is -0.306 e. The van der Waals surface area contributed by atoms with E-state index < -0.39 is 18.1 Å². The van der Waals surface area contributed by atoms with Gasteiger partial charge >= 0.3 is 6.18 Å². The van der Waals surface area contributed by atoms with E-state index in [1.807, 2.05) is 6.07 Å². The average molecular weight is 244 g/mol. The first-order valence-corrected chi connectivity index (χ1v) is 5.78. The molecule has 1 N–H and O–H groups in total. The van der Waals surface area contributed by atoms with Crippen LogP contribution in [-0.4, -0.2) is 23.7 Å². The minimum absolute atomic E-state index is 0.308. The van der Waals surface area contributed by atoms with Gasteiger partial charge in [0.25, 0.3) is 0 Å². The third kappa shape index (κ3) is 2.44. The molecular formula is C12H15F3N2. The lowest BCUT2D eigenvalue weighted by Gasteiger charge is -2.26. The van der Waals surface area contributed by atoms with Gasteiger partial charge in [-0.25, -0.2) is 0 Å². The molecule has 0 radical (unpaired) electrons. The number of hydrogen-bond donors (Lipinski definition) is 1. The van der Waals surface area contributed by atoms with Gasteiger partial charge in [0, 0.05) is 17.8 Å². The number of nitrogens with zero attached hydrogens (tertiary/aromatic N) is 1. The normalized spacial score (nSPS) is 21.3. The van der Waals surface area contributed by atoms with E-state index in [4.69, 9.17) is 0 Å². The molecule has 0 amide bonds. The summed E-state index contributed by atoms with van der Waals surface area (Å²) in [5.74, 6) is -0.550. The zero-order valence-electron chi connectivity index (χ0n) is 9.59. The molecule has 1 aromatic rings. The number of rotatable bonds is 3. The molecule has 0 saturated carbocycles. The molecule has 0 aromatic carbocycles. The number of aryl methyl sites for hydroxylation is 1. The molecule has 0 spiro atoms. The van der Waals surface area contributed by atoms with Crippen LogP contribution in [0.25, 0.3) is 0 Å². The van der Waals surface area contributed by atoms with Crippen LogP contribution in [0.3, 0.4) is 0 Å². The average Bonchev–Trinajstić information content (AvgIpc) is 2.68. The Bertz CT molecular complexity index is 390. The maximum absolute atomic E-state index is 13.0. The van der Waals surface area contributed by atoms with Crippen LogP contribution in [-0.2, 0) is 6.42 Å². The zero-order valence-corrected chi connectivity index (χ0v) is 9.59. The lowest BCUT2D eigenvalue weighted by Crippen LogP contribution is -2.46. The molecule has 0 bridgehead atoms. The lowest BCUT2D eigenvalue weighted by atomic mass is 9.96. The second-order valence-corrected chi connectivity index (χ2v) is 4.27. The van der Waals surface area contributed by atoms with Crippen molar-refractivity contribution in [1.82, 2.24) is 10.3 Å². The van der Waals surface area contributed by atoms with Crippen molar-refractivity contribution in [2.75, 3.05) is 6.54 Å². The second-order valence-electron chi connectivity index (χ2n) is 4.27. The molecule has 2 atom stereocenters. The number of halogens is 3. The van der Waals surface area contributed by atoms with Gasteiger partial charge in [0.05, 0.1) is 0 Å². The quantitative estimate of drug-likeness (QED) is 0.884. The summed E-state index contributed by atoms with van der Waals surface area (Å²) in [6, 6.07) is 2.15. The standard InChI is InChI=1S/C12H15F3N2/c1-2-16-11(12(13,14)15)9-6-5-8-4-3-7-17-10(8)9/h3-4,7,9,11,16H,2,5-6H2,1H3. The fourth-order valence-electron chi connectivity index (χ4n) is 2.47. The highest BCUT2D eigenvalue weighted by Gasteiger charge is 2.46. The van der Waals surface area contributed by atoms with E-state index in [0.717, 1.165) is 5.56 Å². The van der Waals surface area contributed by atoms with Gasteiger partial charge in [-0.2, -0.15) is 13.2 Å². The van der Waals surface area contributed by atoms with Crippen molar-refractivity contribution < 1.29 is 13.2 Å². The molecule has 94 valence electrons. The highest BCUT2D eigenvalue weighted by atomic mass is 19.4. The lowest BCUT2D eigenvalue weighted by molar-refractivity contribution is -0.161. The molecule has 1 aliphatic carbocycles. The van der Waals surface area contributed by atoms with Gasteiger partial charge in [-0.15, -0.1) is 0 Å². The van der Waals surface area contributed by atoms with E-state index in [-0.39, 0.29) is 0 Å². The summed E-state index contributed by atoms with van der Waals surface area (Å²) in [5.41, 5.74) is 1.56. The third-order valence-electron chi connectivity index (χ3n) is 3.18. The highest BCUT2D eigenvalue weighted by Crippen LogP contribution is 2.39. The Kier molecular flexibility index (Phi) is 3.38. The molecule has 0 fully saturated rings. The monoisotopic (exact) mass is 244 g/mol. The Balaban J connectivity index is 2.28. The largest absolute Gasteiger partial charge is 0.404 e. The second kappa shape index (κ2) is 4.64. The summed E-state index contributed by atoms with van der Waals surface area (Å²) < 4.78 is 38.9. The van der Waals surface area contributed by atoms with Crippen LogP contribution in [0.1, 0.15) is 30.5 Å². The Labute approximate surface area is 98.2 Å². The van der Waals surface area contributed by atoms with E-state index in [1.54, 1.807) is 19.2 Å². The molecule has 1 aliphatic rings. The number of pyridine rings is 1. The van der Waals surface area contributed by atoms with Crippen molar-refractivity contribution in [2.24, 2.45) is 0 Å². The number of aromatic nitrogens is 1. The summed E-state index contributed by atoms with van der Waals surface area (Å²) >= 11 is 0. The van der Waals surface area contributed by atoms with Gasteiger partial charge in [-0.3, -0.25) is 4.98 Å². The van der Waals surface area contributed by atoms with Gasteiger partial charge in [0.2, 0.25) is 0 Å². The molecule has 17 heavy (non-hydrogen) atoms. The first kappa shape index (κ1) is 12.4. The fourth-order valence-corrected chi connectivity index (χ4v) is 2.47. The summed E-state index contributed by atoms with van der Waals surface area (Å²) in [5, 5.41) is 2.54. The predicted octanol–water partition coefficient (Wildman–Crippen LogP) is 2.65. The van der Waals surface area contributed by atoms with Crippen molar-refractivity contribution in [1.29, 1.82) is 0 Å². The van der Waals surface area contributed by atoms with E-state index >= 15 is 0 Å². The van der Waals surface area contributed by atoms with Crippen molar-refractivity contribution >= 4 is 0 Å². The van der Waals surface area contributed by atoms with Crippen molar-refractivity contribution in [3.8, 4) is 0 Å². The number of alkyl halides is 3. The Morgan fingerprint density at radius 2 is 2.29 bits per heavy atom. The van der Waals surface area contributed by atoms with Crippen LogP contribution in [0.4, 0.5) is 13.2 Å².